The van der Waals surface area contributed by atoms with Gasteiger partial charge >= 0.3 is 0 Å². The fourth-order valence-electron chi connectivity index (χ4n) is 1.91. The molecule has 1 aliphatic heterocycles. The number of hydrogen-bond acceptors (Lipinski definition) is 4. The van der Waals surface area contributed by atoms with E-state index in [2.05, 4.69) is 5.32 Å². The monoisotopic (exact) mass is 257 g/mol. The van der Waals surface area contributed by atoms with Crippen molar-refractivity contribution in [1.82, 2.24) is 5.32 Å². The number of hydrogen-bond donors (Lipinski definition) is 3. The van der Waals surface area contributed by atoms with Gasteiger partial charge in [-0.25, -0.2) is 0 Å². The molecule has 0 aliphatic carbocycles. The molecular formula is C12H23N3O3. The normalized spacial score (nSPS) is 26.6. The van der Waals surface area contributed by atoms with Gasteiger partial charge in [0.05, 0.1) is 12.1 Å². The molecule has 0 radical (unpaired) electrons. The van der Waals surface area contributed by atoms with Crippen LogP contribution in [0.4, 0.5) is 0 Å². The predicted octanol–water partition coefficient (Wildman–Crippen LogP) is -0.491. The van der Waals surface area contributed by atoms with Crippen LogP contribution in [0.15, 0.2) is 0 Å². The van der Waals surface area contributed by atoms with Gasteiger partial charge in [-0.1, -0.05) is 20.3 Å². The van der Waals surface area contributed by atoms with Crippen molar-refractivity contribution in [2.45, 2.75) is 51.4 Å². The molecule has 1 saturated heterocycles. The Labute approximate surface area is 107 Å². The first kappa shape index (κ1) is 14.9. The molecule has 104 valence electrons. The zero-order chi connectivity index (χ0) is 13.7. The van der Waals surface area contributed by atoms with E-state index in [0.29, 0.717) is 13.0 Å². The van der Waals surface area contributed by atoms with Crippen LogP contribution in [-0.4, -0.2) is 36.6 Å². The Balaban J connectivity index is 2.29. The zero-order valence-corrected chi connectivity index (χ0v) is 11.0. The first-order valence-corrected chi connectivity index (χ1v) is 6.43. The molecule has 6 heteroatoms. The summed E-state index contributed by atoms with van der Waals surface area (Å²) in [6.45, 7) is 4.32. The van der Waals surface area contributed by atoms with Crippen LogP contribution in [0.5, 0.6) is 0 Å². The van der Waals surface area contributed by atoms with Crippen molar-refractivity contribution >= 4 is 11.8 Å². The number of amides is 2. The molecule has 5 N–H and O–H groups in total. The average Bonchev–Trinajstić information content (AvgIpc) is 2.82. The SMILES string of the molecule is CCC(C)C(N)C(=O)NCC1CCC(C(N)=O)O1. The molecule has 2 amide bonds. The van der Waals surface area contributed by atoms with Crippen molar-refractivity contribution in [3.05, 3.63) is 0 Å². The van der Waals surface area contributed by atoms with E-state index in [-0.39, 0.29) is 17.9 Å². The lowest BCUT2D eigenvalue weighted by molar-refractivity contribution is -0.129. The standard InChI is InChI=1S/C12H23N3O3/c1-3-7(2)10(13)12(17)15-6-8-4-5-9(18-8)11(14)16/h7-10H,3-6,13H2,1-2H3,(H2,14,16)(H,15,17). The van der Waals surface area contributed by atoms with E-state index in [1.54, 1.807) is 0 Å². The minimum absolute atomic E-state index is 0.143. The fraction of sp³-hybridized carbons (Fsp3) is 0.833. The third kappa shape index (κ3) is 3.96. The summed E-state index contributed by atoms with van der Waals surface area (Å²) in [5, 5.41) is 2.76. The van der Waals surface area contributed by atoms with Gasteiger partial charge in [-0.3, -0.25) is 9.59 Å². The highest BCUT2D eigenvalue weighted by Crippen LogP contribution is 2.18. The molecule has 18 heavy (non-hydrogen) atoms. The highest BCUT2D eigenvalue weighted by molar-refractivity contribution is 5.81. The van der Waals surface area contributed by atoms with Crippen molar-refractivity contribution in [2.75, 3.05) is 6.54 Å². The predicted molar refractivity (Wildman–Crippen MR) is 67.5 cm³/mol. The third-order valence-electron chi connectivity index (χ3n) is 3.49. The molecule has 0 bridgehead atoms. The van der Waals surface area contributed by atoms with Crippen LogP contribution in [0.3, 0.4) is 0 Å². The van der Waals surface area contributed by atoms with Gasteiger partial charge in [0.25, 0.3) is 0 Å². The van der Waals surface area contributed by atoms with Crippen molar-refractivity contribution in [3.63, 3.8) is 0 Å². The fourth-order valence-corrected chi connectivity index (χ4v) is 1.91. The van der Waals surface area contributed by atoms with Crippen molar-refractivity contribution in [3.8, 4) is 0 Å². The van der Waals surface area contributed by atoms with E-state index in [9.17, 15) is 9.59 Å². The van der Waals surface area contributed by atoms with Gasteiger partial charge in [-0.2, -0.15) is 0 Å². The molecule has 1 fully saturated rings. The Kier molecular flexibility index (Phi) is 5.55. The van der Waals surface area contributed by atoms with Crippen LogP contribution < -0.4 is 16.8 Å². The number of ether oxygens (including phenoxy) is 1. The second kappa shape index (κ2) is 6.70. The van der Waals surface area contributed by atoms with Crippen LogP contribution in [0, 0.1) is 5.92 Å². The van der Waals surface area contributed by atoms with Crippen LogP contribution in [0.1, 0.15) is 33.1 Å². The minimum Gasteiger partial charge on any atom is -0.367 e. The van der Waals surface area contributed by atoms with E-state index in [0.717, 1.165) is 12.8 Å². The first-order valence-electron chi connectivity index (χ1n) is 6.43. The van der Waals surface area contributed by atoms with Crippen LogP contribution >= 0.6 is 0 Å². The van der Waals surface area contributed by atoms with Gasteiger partial charge in [0.2, 0.25) is 11.8 Å². The Morgan fingerprint density at radius 1 is 1.44 bits per heavy atom. The first-order chi connectivity index (χ1) is 8.45. The van der Waals surface area contributed by atoms with Crippen LogP contribution in [0.25, 0.3) is 0 Å². The molecule has 0 aromatic carbocycles. The van der Waals surface area contributed by atoms with Gasteiger partial charge in [0.15, 0.2) is 0 Å². The number of primary amides is 1. The molecule has 1 rings (SSSR count). The maximum Gasteiger partial charge on any atom is 0.246 e. The Morgan fingerprint density at radius 2 is 2.11 bits per heavy atom. The second-order valence-electron chi connectivity index (χ2n) is 4.88. The summed E-state index contributed by atoms with van der Waals surface area (Å²) in [4.78, 5) is 22.6. The number of rotatable bonds is 6. The molecular weight excluding hydrogens is 234 g/mol. The second-order valence-corrected chi connectivity index (χ2v) is 4.88. The quantitative estimate of drug-likeness (QED) is 0.596. The molecule has 1 aliphatic rings. The van der Waals surface area contributed by atoms with Crippen molar-refractivity contribution < 1.29 is 14.3 Å². The highest BCUT2D eigenvalue weighted by atomic mass is 16.5. The van der Waals surface area contributed by atoms with E-state index in [4.69, 9.17) is 16.2 Å². The summed E-state index contributed by atoms with van der Waals surface area (Å²) in [7, 11) is 0. The molecule has 1 heterocycles. The molecule has 6 nitrogen and oxygen atoms in total. The Bertz CT molecular complexity index is 309. The van der Waals surface area contributed by atoms with Crippen molar-refractivity contribution in [2.24, 2.45) is 17.4 Å². The smallest absolute Gasteiger partial charge is 0.246 e. The summed E-state index contributed by atoms with van der Waals surface area (Å²) in [6.07, 6.45) is 1.54. The van der Waals surface area contributed by atoms with Gasteiger partial charge in [-0.05, 0) is 18.8 Å². The summed E-state index contributed by atoms with van der Waals surface area (Å²) in [5.74, 6) is -0.469. The topological polar surface area (TPSA) is 107 Å². The summed E-state index contributed by atoms with van der Waals surface area (Å²) in [5.41, 5.74) is 11.0. The molecule has 0 saturated carbocycles. The molecule has 0 aromatic heterocycles. The van der Waals surface area contributed by atoms with E-state index >= 15 is 0 Å². The Morgan fingerprint density at radius 3 is 2.61 bits per heavy atom. The van der Waals surface area contributed by atoms with Gasteiger partial charge in [0.1, 0.15) is 6.10 Å². The maximum absolute atomic E-state index is 11.7. The molecule has 0 spiro atoms. The van der Waals surface area contributed by atoms with Gasteiger partial charge in [-0.15, -0.1) is 0 Å². The average molecular weight is 257 g/mol. The Hall–Kier alpha value is -1.14. The van der Waals surface area contributed by atoms with E-state index in [1.165, 1.54) is 0 Å². The third-order valence-corrected chi connectivity index (χ3v) is 3.49. The maximum atomic E-state index is 11.7. The lowest BCUT2D eigenvalue weighted by Crippen LogP contribution is -2.46. The number of nitrogens with two attached hydrogens (primary N) is 2. The van der Waals surface area contributed by atoms with E-state index in [1.807, 2.05) is 13.8 Å². The summed E-state index contributed by atoms with van der Waals surface area (Å²) < 4.78 is 5.41. The van der Waals surface area contributed by atoms with Gasteiger partial charge < -0.3 is 21.5 Å². The molecule has 0 aromatic rings. The van der Waals surface area contributed by atoms with Crippen LogP contribution in [0.2, 0.25) is 0 Å². The lowest BCUT2D eigenvalue weighted by Gasteiger charge is -2.19. The van der Waals surface area contributed by atoms with Crippen LogP contribution in [-0.2, 0) is 14.3 Å². The summed E-state index contributed by atoms with van der Waals surface area (Å²) >= 11 is 0. The number of nitrogens with one attached hydrogen (secondary N) is 1. The number of carbonyl (C=O) groups excluding carboxylic acids is 2. The van der Waals surface area contributed by atoms with Gasteiger partial charge in [0, 0.05) is 6.54 Å². The highest BCUT2D eigenvalue weighted by Gasteiger charge is 2.29. The number of carbonyl (C=O) groups is 2. The zero-order valence-electron chi connectivity index (χ0n) is 11.0. The molecule has 4 atom stereocenters. The van der Waals surface area contributed by atoms with Crippen molar-refractivity contribution in [1.29, 1.82) is 0 Å². The molecule has 4 unspecified atom stereocenters. The minimum atomic E-state index is -0.518. The summed E-state index contributed by atoms with van der Waals surface area (Å²) in [6, 6.07) is -0.497. The lowest BCUT2D eigenvalue weighted by atomic mass is 9.99. The largest absolute Gasteiger partial charge is 0.367 e. The van der Waals surface area contributed by atoms with E-state index < -0.39 is 18.1 Å².